The van der Waals surface area contributed by atoms with E-state index >= 15 is 0 Å². The third-order valence-corrected chi connectivity index (χ3v) is 4.78. The molecule has 0 aromatic heterocycles. The minimum absolute atomic E-state index is 0.160. The van der Waals surface area contributed by atoms with E-state index in [0.717, 1.165) is 0 Å². The number of carbonyl (C=O) groups excluding carboxylic acids is 2. The van der Waals surface area contributed by atoms with Gasteiger partial charge in [-0.2, -0.15) is 0 Å². The molecule has 2 aromatic carbocycles. The molecule has 0 unspecified atom stereocenters. The molecule has 132 valence electrons. The van der Waals surface area contributed by atoms with Crippen molar-refractivity contribution in [3.63, 3.8) is 0 Å². The summed E-state index contributed by atoms with van der Waals surface area (Å²) in [5.74, 6) is -1.27. The van der Waals surface area contributed by atoms with Crippen molar-refractivity contribution < 1.29 is 18.5 Å². The molecule has 1 amide bonds. The second kappa shape index (κ2) is 8.47. The van der Waals surface area contributed by atoms with Crippen molar-refractivity contribution in [3.05, 3.63) is 58.1 Å². The summed E-state index contributed by atoms with van der Waals surface area (Å²) in [5.41, 5.74) is 0.515. The molecule has 2 rings (SSSR count). The molecular formula is C17H15Cl2NO4S. The van der Waals surface area contributed by atoms with Gasteiger partial charge in [0.1, 0.15) is 0 Å². The van der Waals surface area contributed by atoms with Gasteiger partial charge in [-0.25, -0.2) is 4.79 Å². The Hall–Kier alpha value is -1.89. The van der Waals surface area contributed by atoms with Gasteiger partial charge in [-0.3, -0.25) is 9.00 Å². The number of anilines is 1. The monoisotopic (exact) mass is 399 g/mol. The Labute approximate surface area is 157 Å². The molecule has 0 aliphatic carbocycles. The predicted octanol–water partition coefficient (Wildman–Crippen LogP) is 3.91. The van der Waals surface area contributed by atoms with Gasteiger partial charge < -0.3 is 10.1 Å². The maximum absolute atomic E-state index is 12.3. The second-order valence-electron chi connectivity index (χ2n) is 5.11. The maximum atomic E-state index is 12.3. The second-order valence-corrected chi connectivity index (χ2v) is 7.30. The van der Waals surface area contributed by atoms with Crippen LogP contribution in [0, 0.1) is 0 Å². The van der Waals surface area contributed by atoms with Gasteiger partial charge in [-0.1, -0.05) is 35.3 Å². The van der Waals surface area contributed by atoms with Gasteiger partial charge in [-0.15, -0.1) is 0 Å². The first kappa shape index (κ1) is 19.4. The van der Waals surface area contributed by atoms with Gasteiger partial charge in [0, 0.05) is 11.3 Å². The molecule has 1 N–H and O–H groups in total. The SMILES string of the molecule is C[C@@H](OC(=O)c1ccccc1[S@](C)=O)C(=O)Nc1ccc(Cl)cc1Cl. The number of rotatable bonds is 5. The molecule has 0 fully saturated rings. The zero-order valence-corrected chi connectivity index (χ0v) is 15.7. The van der Waals surface area contributed by atoms with Gasteiger partial charge in [0.2, 0.25) is 0 Å². The molecule has 0 radical (unpaired) electrons. The van der Waals surface area contributed by atoms with Crippen molar-refractivity contribution in [2.75, 3.05) is 11.6 Å². The molecular weight excluding hydrogens is 385 g/mol. The van der Waals surface area contributed by atoms with Gasteiger partial charge in [0.05, 0.1) is 32.0 Å². The van der Waals surface area contributed by atoms with E-state index in [4.69, 9.17) is 27.9 Å². The van der Waals surface area contributed by atoms with Crippen LogP contribution in [0.5, 0.6) is 0 Å². The summed E-state index contributed by atoms with van der Waals surface area (Å²) in [6.45, 7) is 1.43. The molecule has 0 aliphatic rings. The average molecular weight is 400 g/mol. The zero-order valence-electron chi connectivity index (χ0n) is 13.4. The lowest BCUT2D eigenvalue weighted by molar-refractivity contribution is -0.123. The predicted molar refractivity (Wildman–Crippen MR) is 98.7 cm³/mol. The Morgan fingerprint density at radius 3 is 2.48 bits per heavy atom. The Bertz CT molecular complexity index is 841. The summed E-state index contributed by atoms with van der Waals surface area (Å²) in [7, 11) is -1.35. The van der Waals surface area contributed by atoms with Crippen LogP contribution >= 0.6 is 23.2 Å². The highest BCUT2D eigenvalue weighted by molar-refractivity contribution is 7.84. The van der Waals surface area contributed by atoms with Crippen molar-refractivity contribution in [2.45, 2.75) is 17.9 Å². The number of hydrogen-bond donors (Lipinski definition) is 1. The highest BCUT2D eigenvalue weighted by Gasteiger charge is 2.22. The van der Waals surface area contributed by atoms with Crippen LogP contribution in [0.15, 0.2) is 47.4 Å². The number of esters is 1. The molecule has 0 spiro atoms. The molecule has 0 bridgehead atoms. The summed E-state index contributed by atoms with van der Waals surface area (Å²) in [6, 6.07) is 11.0. The Morgan fingerprint density at radius 2 is 1.84 bits per heavy atom. The topological polar surface area (TPSA) is 72.5 Å². The molecule has 0 aliphatic heterocycles. The molecule has 2 aromatic rings. The maximum Gasteiger partial charge on any atom is 0.340 e. The van der Waals surface area contributed by atoms with E-state index in [1.165, 1.54) is 25.3 Å². The molecule has 8 heteroatoms. The molecule has 0 saturated heterocycles. The van der Waals surface area contributed by atoms with Crippen molar-refractivity contribution >= 4 is 51.6 Å². The lowest BCUT2D eigenvalue weighted by atomic mass is 10.2. The minimum Gasteiger partial charge on any atom is -0.449 e. The summed E-state index contributed by atoms with van der Waals surface area (Å²) >= 11 is 11.8. The third kappa shape index (κ3) is 5.04. The van der Waals surface area contributed by atoms with E-state index in [9.17, 15) is 13.8 Å². The highest BCUT2D eigenvalue weighted by Crippen LogP contribution is 2.25. The van der Waals surface area contributed by atoms with Crippen molar-refractivity contribution in [1.29, 1.82) is 0 Å². The van der Waals surface area contributed by atoms with Gasteiger partial charge in [-0.05, 0) is 37.3 Å². The minimum atomic E-state index is -1.35. The zero-order chi connectivity index (χ0) is 18.6. The summed E-state index contributed by atoms with van der Waals surface area (Å²) < 4.78 is 16.9. The first-order valence-corrected chi connectivity index (χ1v) is 9.50. The van der Waals surface area contributed by atoms with Crippen LogP contribution in [0.1, 0.15) is 17.3 Å². The number of carbonyl (C=O) groups is 2. The first-order valence-electron chi connectivity index (χ1n) is 7.19. The van der Waals surface area contributed by atoms with Crippen LogP contribution in [0.2, 0.25) is 10.0 Å². The molecule has 25 heavy (non-hydrogen) atoms. The molecule has 0 saturated carbocycles. The Kier molecular flexibility index (Phi) is 6.58. The van der Waals surface area contributed by atoms with E-state index < -0.39 is 28.8 Å². The van der Waals surface area contributed by atoms with E-state index in [2.05, 4.69) is 5.32 Å². The number of amides is 1. The normalized spacial score (nSPS) is 13.0. The summed E-state index contributed by atoms with van der Waals surface area (Å²) in [6.07, 6.45) is 0.391. The fourth-order valence-electron chi connectivity index (χ4n) is 1.99. The van der Waals surface area contributed by atoms with E-state index in [1.807, 2.05) is 0 Å². The Morgan fingerprint density at radius 1 is 1.16 bits per heavy atom. The lowest BCUT2D eigenvalue weighted by Gasteiger charge is -2.15. The fourth-order valence-corrected chi connectivity index (χ4v) is 3.18. The number of halogens is 2. The summed E-state index contributed by atoms with van der Waals surface area (Å²) in [4.78, 5) is 24.8. The van der Waals surface area contributed by atoms with Crippen LogP contribution in [0.25, 0.3) is 0 Å². The number of nitrogens with one attached hydrogen (secondary N) is 1. The standard InChI is InChI=1S/C17H15Cl2NO4S/c1-10(16(21)20-14-8-7-11(18)9-13(14)19)24-17(22)12-5-3-4-6-15(12)25(2)23/h3-10H,1-2H3,(H,20,21)/t10-,25+/m1/s1. The number of ether oxygens (including phenoxy) is 1. The van der Waals surface area contributed by atoms with E-state index in [-0.39, 0.29) is 10.6 Å². The molecule has 2 atom stereocenters. The van der Waals surface area contributed by atoms with Gasteiger partial charge in [0.15, 0.2) is 6.10 Å². The van der Waals surface area contributed by atoms with E-state index in [1.54, 1.807) is 30.3 Å². The fraction of sp³-hybridized carbons (Fsp3) is 0.176. The van der Waals surface area contributed by atoms with Gasteiger partial charge >= 0.3 is 5.97 Å². The van der Waals surface area contributed by atoms with Gasteiger partial charge in [0.25, 0.3) is 5.91 Å². The molecule has 0 heterocycles. The van der Waals surface area contributed by atoms with Crippen molar-refractivity contribution in [1.82, 2.24) is 0 Å². The van der Waals surface area contributed by atoms with Crippen LogP contribution in [-0.4, -0.2) is 28.4 Å². The number of benzene rings is 2. The average Bonchev–Trinajstić information content (AvgIpc) is 2.57. The smallest absolute Gasteiger partial charge is 0.340 e. The van der Waals surface area contributed by atoms with Crippen LogP contribution in [0.3, 0.4) is 0 Å². The Balaban J connectivity index is 2.08. The lowest BCUT2D eigenvalue weighted by Crippen LogP contribution is -2.30. The third-order valence-electron chi connectivity index (χ3n) is 3.26. The quantitative estimate of drug-likeness (QED) is 0.773. The first-order chi connectivity index (χ1) is 11.8. The number of hydrogen-bond acceptors (Lipinski definition) is 4. The molecule has 5 nitrogen and oxygen atoms in total. The summed E-state index contributed by atoms with van der Waals surface area (Å²) in [5, 5.41) is 3.27. The largest absolute Gasteiger partial charge is 0.449 e. The van der Waals surface area contributed by atoms with Crippen molar-refractivity contribution in [3.8, 4) is 0 Å². The van der Waals surface area contributed by atoms with Crippen molar-refractivity contribution in [2.24, 2.45) is 0 Å². The van der Waals surface area contributed by atoms with E-state index in [0.29, 0.717) is 15.6 Å². The highest BCUT2D eigenvalue weighted by atomic mass is 35.5. The van der Waals surface area contributed by atoms with Crippen LogP contribution in [-0.2, 0) is 20.3 Å². The van der Waals surface area contributed by atoms with Crippen LogP contribution < -0.4 is 5.32 Å². The van der Waals surface area contributed by atoms with Crippen LogP contribution in [0.4, 0.5) is 5.69 Å².